The number of aliphatic carboxylic acids is 1. The minimum absolute atomic E-state index is 0.333. The molecule has 0 aromatic carbocycles. The summed E-state index contributed by atoms with van der Waals surface area (Å²) in [4.78, 5) is 10.6. The van der Waals surface area contributed by atoms with Gasteiger partial charge >= 0.3 is 5.97 Å². The first-order chi connectivity index (χ1) is 5.74. The molecule has 0 saturated carbocycles. The molecule has 0 bridgehead atoms. The van der Waals surface area contributed by atoms with Gasteiger partial charge in [0.2, 0.25) is 0 Å². The Morgan fingerprint density at radius 2 is 2.42 bits per heavy atom. The lowest BCUT2D eigenvalue weighted by Gasteiger charge is -2.27. The van der Waals surface area contributed by atoms with E-state index in [1.54, 1.807) is 11.8 Å². The Hall–Kier alpha value is -0.220. The molecule has 1 rings (SSSR count). The van der Waals surface area contributed by atoms with Crippen LogP contribution in [0.15, 0.2) is 0 Å². The SMILES string of the molecule is CCCC1CSCC(C(=O)O)N1. The molecule has 1 aliphatic heterocycles. The summed E-state index contributed by atoms with van der Waals surface area (Å²) in [6.45, 7) is 2.12. The first-order valence-electron chi connectivity index (χ1n) is 4.30. The van der Waals surface area contributed by atoms with Crippen molar-refractivity contribution < 1.29 is 9.90 Å². The molecule has 70 valence electrons. The second kappa shape index (κ2) is 4.72. The Balaban J connectivity index is 2.35. The third-order valence-electron chi connectivity index (χ3n) is 1.98. The Morgan fingerprint density at radius 1 is 1.67 bits per heavy atom. The lowest BCUT2D eigenvalue weighted by atomic mass is 10.1. The fourth-order valence-corrected chi connectivity index (χ4v) is 2.52. The fraction of sp³-hybridized carbons (Fsp3) is 0.875. The molecule has 0 amide bonds. The molecule has 0 spiro atoms. The van der Waals surface area contributed by atoms with Crippen molar-refractivity contribution in [1.29, 1.82) is 0 Å². The van der Waals surface area contributed by atoms with Gasteiger partial charge in [0, 0.05) is 17.5 Å². The summed E-state index contributed by atoms with van der Waals surface area (Å²) < 4.78 is 0. The standard InChI is InChI=1S/C8H15NO2S/c1-2-3-6-4-12-5-7(9-6)8(10)11/h6-7,9H,2-5H2,1H3,(H,10,11). The maximum absolute atomic E-state index is 10.6. The van der Waals surface area contributed by atoms with Gasteiger partial charge in [-0.2, -0.15) is 11.8 Å². The van der Waals surface area contributed by atoms with Crippen molar-refractivity contribution in [2.24, 2.45) is 0 Å². The van der Waals surface area contributed by atoms with Crippen molar-refractivity contribution in [1.82, 2.24) is 5.32 Å². The normalized spacial score (nSPS) is 30.1. The van der Waals surface area contributed by atoms with Crippen molar-refractivity contribution in [3.8, 4) is 0 Å². The smallest absolute Gasteiger partial charge is 0.321 e. The molecule has 4 heteroatoms. The van der Waals surface area contributed by atoms with E-state index in [1.807, 2.05) is 0 Å². The van der Waals surface area contributed by atoms with Crippen molar-refractivity contribution in [2.75, 3.05) is 11.5 Å². The maximum Gasteiger partial charge on any atom is 0.321 e. The number of nitrogens with one attached hydrogen (secondary N) is 1. The van der Waals surface area contributed by atoms with E-state index in [9.17, 15) is 4.79 Å². The third-order valence-corrected chi connectivity index (χ3v) is 3.18. The fourth-order valence-electron chi connectivity index (χ4n) is 1.37. The highest BCUT2D eigenvalue weighted by Crippen LogP contribution is 2.15. The Labute approximate surface area is 76.9 Å². The summed E-state index contributed by atoms with van der Waals surface area (Å²) in [5.74, 6) is 1.04. The van der Waals surface area contributed by atoms with E-state index in [0.29, 0.717) is 11.8 Å². The lowest BCUT2D eigenvalue weighted by Crippen LogP contribution is -2.49. The van der Waals surface area contributed by atoms with Crippen LogP contribution in [0, 0.1) is 0 Å². The Bertz CT molecular complexity index is 161. The molecule has 1 saturated heterocycles. The van der Waals surface area contributed by atoms with Gasteiger partial charge in [-0.15, -0.1) is 0 Å². The number of carboxylic acids is 1. The molecule has 0 radical (unpaired) electrons. The quantitative estimate of drug-likeness (QED) is 0.694. The van der Waals surface area contributed by atoms with Crippen LogP contribution in [0.2, 0.25) is 0 Å². The van der Waals surface area contributed by atoms with Crippen molar-refractivity contribution >= 4 is 17.7 Å². The third kappa shape index (κ3) is 2.68. The van der Waals surface area contributed by atoms with E-state index in [4.69, 9.17) is 5.11 Å². The number of carboxylic acid groups (broad SMARTS) is 1. The van der Waals surface area contributed by atoms with E-state index >= 15 is 0 Å². The molecular weight excluding hydrogens is 174 g/mol. The largest absolute Gasteiger partial charge is 0.480 e. The van der Waals surface area contributed by atoms with E-state index < -0.39 is 5.97 Å². The van der Waals surface area contributed by atoms with Crippen molar-refractivity contribution in [3.05, 3.63) is 0 Å². The lowest BCUT2D eigenvalue weighted by molar-refractivity contribution is -0.139. The van der Waals surface area contributed by atoms with Crippen LogP contribution in [0.25, 0.3) is 0 Å². The Kier molecular flexibility index (Phi) is 3.88. The molecule has 2 unspecified atom stereocenters. The summed E-state index contributed by atoms with van der Waals surface area (Å²) in [5, 5.41) is 11.9. The predicted octanol–water partition coefficient (Wildman–Crippen LogP) is 0.945. The number of hydrogen-bond acceptors (Lipinski definition) is 3. The van der Waals surface area contributed by atoms with Crippen molar-refractivity contribution in [3.63, 3.8) is 0 Å². The Morgan fingerprint density at radius 3 is 3.00 bits per heavy atom. The van der Waals surface area contributed by atoms with Gasteiger partial charge in [0.1, 0.15) is 6.04 Å². The number of thioether (sulfide) groups is 1. The second-order valence-corrected chi connectivity index (χ2v) is 4.16. The maximum atomic E-state index is 10.6. The van der Waals surface area contributed by atoms with Crippen LogP contribution in [0.3, 0.4) is 0 Å². The number of hydrogen-bond donors (Lipinski definition) is 2. The predicted molar refractivity (Wildman–Crippen MR) is 50.6 cm³/mol. The van der Waals surface area contributed by atoms with Gasteiger partial charge in [0.25, 0.3) is 0 Å². The topological polar surface area (TPSA) is 49.3 Å². The van der Waals surface area contributed by atoms with Crippen LogP contribution in [0.1, 0.15) is 19.8 Å². The average Bonchev–Trinajstić information content (AvgIpc) is 2.05. The highest BCUT2D eigenvalue weighted by Gasteiger charge is 2.25. The van der Waals surface area contributed by atoms with Gasteiger partial charge in [0.15, 0.2) is 0 Å². The van der Waals surface area contributed by atoms with Crippen molar-refractivity contribution in [2.45, 2.75) is 31.8 Å². The summed E-state index contributed by atoms with van der Waals surface area (Å²) in [6.07, 6.45) is 2.20. The number of rotatable bonds is 3. The second-order valence-electron chi connectivity index (χ2n) is 3.08. The number of carbonyl (C=O) groups is 1. The molecule has 0 aromatic rings. The van der Waals surface area contributed by atoms with E-state index in [2.05, 4.69) is 12.2 Å². The monoisotopic (exact) mass is 189 g/mol. The van der Waals surface area contributed by atoms with Crippen LogP contribution in [0.5, 0.6) is 0 Å². The van der Waals surface area contributed by atoms with Gasteiger partial charge in [-0.1, -0.05) is 13.3 Å². The summed E-state index contributed by atoms with van der Waals surface area (Å²) in [7, 11) is 0. The van der Waals surface area contributed by atoms with Gasteiger partial charge in [-0.05, 0) is 6.42 Å². The minimum Gasteiger partial charge on any atom is -0.480 e. The molecule has 0 aromatic heterocycles. The first-order valence-corrected chi connectivity index (χ1v) is 5.46. The summed E-state index contributed by atoms with van der Waals surface area (Å²) in [5.41, 5.74) is 0. The molecule has 0 aliphatic carbocycles. The summed E-state index contributed by atoms with van der Waals surface area (Å²) >= 11 is 1.74. The van der Waals surface area contributed by atoms with Crippen LogP contribution >= 0.6 is 11.8 Å². The molecule has 1 fully saturated rings. The molecular formula is C8H15NO2S. The highest BCUT2D eigenvalue weighted by molar-refractivity contribution is 7.99. The highest BCUT2D eigenvalue weighted by atomic mass is 32.2. The van der Waals surface area contributed by atoms with Gasteiger partial charge in [-0.25, -0.2) is 0 Å². The van der Waals surface area contributed by atoms with Crippen LogP contribution < -0.4 is 5.32 Å². The summed E-state index contributed by atoms with van der Waals surface area (Å²) in [6, 6.07) is 0.0650. The molecule has 1 heterocycles. The van der Waals surface area contributed by atoms with Crippen LogP contribution in [0.4, 0.5) is 0 Å². The molecule has 1 aliphatic rings. The average molecular weight is 189 g/mol. The molecule has 3 nitrogen and oxygen atoms in total. The van der Waals surface area contributed by atoms with E-state index in [0.717, 1.165) is 18.6 Å². The van der Waals surface area contributed by atoms with Crippen LogP contribution in [-0.4, -0.2) is 34.7 Å². The molecule has 2 N–H and O–H groups in total. The zero-order chi connectivity index (χ0) is 8.97. The van der Waals surface area contributed by atoms with Gasteiger partial charge in [0.05, 0.1) is 0 Å². The molecule has 2 atom stereocenters. The zero-order valence-corrected chi connectivity index (χ0v) is 8.06. The minimum atomic E-state index is -0.719. The first kappa shape index (κ1) is 9.86. The molecule has 12 heavy (non-hydrogen) atoms. The van der Waals surface area contributed by atoms with Gasteiger partial charge < -0.3 is 10.4 Å². The van der Waals surface area contributed by atoms with Crippen LogP contribution in [-0.2, 0) is 4.79 Å². The van der Waals surface area contributed by atoms with E-state index in [-0.39, 0.29) is 6.04 Å². The van der Waals surface area contributed by atoms with Gasteiger partial charge in [-0.3, -0.25) is 4.79 Å². The zero-order valence-electron chi connectivity index (χ0n) is 7.25. The van der Waals surface area contributed by atoms with E-state index in [1.165, 1.54) is 0 Å².